The Morgan fingerprint density at radius 3 is 2.83 bits per heavy atom. The van der Waals surface area contributed by atoms with Crippen molar-refractivity contribution in [2.45, 2.75) is 44.4 Å². The topological polar surface area (TPSA) is 50.1 Å². The van der Waals surface area contributed by atoms with Crippen LogP contribution in [-0.2, 0) is 6.54 Å². The number of benzene rings is 1. The molecule has 1 fully saturated rings. The van der Waals surface area contributed by atoms with Crippen molar-refractivity contribution in [3.05, 3.63) is 28.5 Å². The maximum absolute atomic E-state index is 9.95. The van der Waals surface area contributed by atoms with Gasteiger partial charge < -0.3 is 15.0 Å². The maximum atomic E-state index is 9.95. The standard InChI is InChI=1S/C15H19Cl2N3O.2ClH/c16-10-5-6-12-15(14(10)17)19-9-20(12)8-2-3-11-13(21)4-1-7-18-11;;/h5-6,9,11,13,18,21H,1-4,7-8H2;2*1H. The zero-order chi connectivity index (χ0) is 14.8. The predicted octanol–water partition coefficient (Wildman–Crippen LogP) is 4.08. The lowest BCUT2D eigenvalue weighted by Gasteiger charge is -2.29. The molecule has 1 saturated heterocycles. The number of hydrogen-bond acceptors (Lipinski definition) is 3. The molecule has 2 atom stereocenters. The highest BCUT2D eigenvalue weighted by Gasteiger charge is 2.21. The van der Waals surface area contributed by atoms with Crippen LogP contribution in [0.1, 0.15) is 25.7 Å². The highest BCUT2D eigenvalue weighted by molar-refractivity contribution is 6.44. The average Bonchev–Trinajstić information content (AvgIpc) is 2.89. The molecule has 2 heterocycles. The number of halogens is 4. The van der Waals surface area contributed by atoms with Crippen molar-refractivity contribution < 1.29 is 5.11 Å². The van der Waals surface area contributed by atoms with Crippen LogP contribution in [0.3, 0.4) is 0 Å². The first-order valence-electron chi connectivity index (χ1n) is 7.37. The summed E-state index contributed by atoms with van der Waals surface area (Å²) in [5.74, 6) is 0. The van der Waals surface area contributed by atoms with Gasteiger partial charge >= 0.3 is 0 Å². The number of rotatable bonds is 4. The number of aryl methyl sites for hydroxylation is 1. The first kappa shape index (κ1) is 20.8. The Bertz CT molecular complexity index is 634. The lowest BCUT2D eigenvalue weighted by Crippen LogP contribution is -2.44. The van der Waals surface area contributed by atoms with Crippen LogP contribution in [-0.4, -0.2) is 33.3 Å². The second kappa shape index (κ2) is 9.30. The first-order chi connectivity index (χ1) is 10.2. The number of nitrogens with zero attached hydrogens (tertiary/aromatic N) is 2. The van der Waals surface area contributed by atoms with E-state index in [4.69, 9.17) is 23.2 Å². The molecule has 2 N–H and O–H groups in total. The fourth-order valence-electron chi connectivity index (χ4n) is 2.96. The van der Waals surface area contributed by atoms with Crippen LogP contribution in [0.25, 0.3) is 11.0 Å². The summed E-state index contributed by atoms with van der Waals surface area (Å²) < 4.78 is 2.09. The van der Waals surface area contributed by atoms with Crippen LogP contribution in [0.2, 0.25) is 10.0 Å². The molecule has 4 nitrogen and oxygen atoms in total. The van der Waals surface area contributed by atoms with Gasteiger partial charge in [0.15, 0.2) is 0 Å². The van der Waals surface area contributed by atoms with Crippen molar-refractivity contribution in [2.75, 3.05) is 6.54 Å². The summed E-state index contributed by atoms with van der Waals surface area (Å²) >= 11 is 12.2. The SMILES string of the molecule is Cl.Cl.OC1CCCNC1CCCn1cnc2c(Cl)c(Cl)ccc21. The molecule has 1 aromatic heterocycles. The third-order valence-electron chi connectivity index (χ3n) is 4.15. The Morgan fingerprint density at radius 2 is 2.09 bits per heavy atom. The Labute approximate surface area is 158 Å². The fraction of sp³-hybridized carbons (Fsp3) is 0.533. The van der Waals surface area contributed by atoms with Gasteiger partial charge in [0.05, 0.1) is 28.0 Å². The fourth-order valence-corrected chi connectivity index (χ4v) is 3.33. The molecule has 1 aliphatic rings. The lowest BCUT2D eigenvalue weighted by atomic mass is 9.97. The molecule has 130 valence electrons. The third kappa shape index (κ3) is 4.65. The van der Waals surface area contributed by atoms with Gasteiger partial charge in [0.25, 0.3) is 0 Å². The van der Waals surface area contributed by atoms with E-state index in [1.54, 1.807) is 12.4 Å². The van der Waals surface area contributed by atoms with E-state index in [1.165, 1.54) is 0 Å². The van der Waals surface area contributed by atoms with E-state index >= 15 is 0 Å². The second-order valence-corrected chi connectivity index (χ2v) is 6.36. The lowest BCUT2D eigenvalue weighted by molar-refractivity contribution is 0.0909. The molecule has 2 unspecified atom stereocenters. The Morgan fingerprint density at radius 1 is 1.30 bits per heavy atom. The van der Waals surface area contributed by atoms with Gasteiger partial charge in [0.1, 0.15) is 5.52 Å². The van der Waals surface area contributed by atoms with Crippen LogP contribution in [0.5, 0.6) is 0 Å². The van der Waals surface area contributed by atoms with E-state index in [2.05, 4.69) is 14.9 Å². The van der Waals surface area contributed by atoms with Gasteiger partial charge in [-0.15, -0.1) is 24.8 Å². The van der Waals surface area contributed by atoms with E-state index < -0.39 is 0 Å². The smallest absolute Gasteiger partial charge is 0.109 e. The Hall–Kier alpha value is -0.230. The highest BCUT2D eigenvalue weighted by Crippen LogP contribution is 2.29. The number of aliphatic hydroxyl groups is 1. The number of fused-ring (bicyclic) bond motifs is 1. The Kier molecular flexibility index (Phi) is 8.42. The number of hydrogen-bond donors (Lipinski definition) is 2. The average molecular weight is 401 g/mol. The van der Waals surface area contributed by atoms with Crippen LogP contribution in [0.4, 0.5) is 0 Å². The summed E-state index contributed by atoms with van der Waals surface area (Å²) in [5.41, 5.74) is 1.75. The highest BCUT2D eigenvalue weighted by atomic mass is 35.5. The Balaban J connectivity index is 0.00000132. The molecule has 0 amide bonds. The van der Waals surface area contributed by atoms with Crippen molar-refractivity contribution in [1.82, 2.24) is 14.9 Å². The largest absolute Gasteiger partial charge is 0.392 e. The van der Waals surface area contributed by atoms with E-state index in [0.717, 1.165) is 49.8 Å². The van der Waals surface area contributed by atoms with Gasteiger partial charge in [0, 0.05) is 12.6 Å². The van der Waals surface area contributed by atoms with Gasteiger partial charge in [-0.2, -0.15) is 0 Å². The molecular formula is C15H21Cl4N3O. The summed E-state index contributed by atoms with van der Waals surface area (Å²) in [4.78, 5) is 4.34. The van der Waals surface area contributed by atoms with Crippen molar-refractivity contribution in [2.24, 2.45) is 0 Å². The number of aliphatic hydroxyl groups excluding tert-OH is 1. The molecule has 8 heteroatoms. The van der Waals surface area contributed by atoms with E-state index in [-0.39, 0.29) is 37.0 Å². The summed E-state index contributed by atoms with van der Waals surface area (Å²) in [6.07, 6.45) is 5.50. The number of nitrogens with one attached hydrogen (secondary N) is 1. The van der Waals surface area contributed by atoms with Crippen LogP contribution >= 0.6 is 48.0 Å². The van der Waals surface area contributed by atoms with Gasteiger partial charge in [0.2, 0.25) is 0 Å². The minimum absolute atomic E-state index is 0. The van der Waals surface area contributed by atoms with Crippen molar-refractivity contribution in [3.8, 4) is 0 Å². The number of imidazole rings is 1. The number of piperidine rings is 1. The van der Waals surface area contributed by atoms with Crippen LogP contribution < -0.4 is 5.32 Å². The van der Waals surface area contributed by atoms with Crippen molar-refractivity contribution in [3.63, 3.8) is 0 Å². The molecule has 0 bridgehead atoms. The zero-order valence-electron chi connectivity index (χ0n) is 12.5. The summed E-state index contributed by atoms with van der Waals surface area (Å²) in [6, 6.07) is 3.97. The summed E-state index contributed by atoms with van der Waals surface area (Å²) in [6.45, 7) is 1.86. The third-order valence-corrected chi connectivity index (χ3v) is 4.94. The molecule has 0 aliphatic carbocycles. The monoisotopic (exact) mass is 399 g/mol. The zero-order valence-corrected chi connectivity index (χ0v) is 15.7. The summed E-state index contributed by atoms with van der Waals surface area (Å²) in [5, 5.41) is 14.4. The molecule has 23 heavy (non-hydrogen) atoms. The van der Waals surface area contributed by atoms with Crippen LogP contribution in [0, 0.1) is 0 Å². The van der Waals surface area contributed by atoms with Crippen LogP contribution in [0.15, 0.2) is 18.5 Å². The first-order valence-corrected chi connectivity index (χ1v) is 8.12. The second-order valence-electron chi connectivity index (χ2n) is 5.58. The van der Waals surface area contributed by atoms with Gasteiger partial charge in [-0.1, -0.05) is 23.2 Å². The minimum Gasteiger partial charge on any atom is -0.392 e. The molecule has 1 aliphatic heterocycles. The van der Waals surface area contributed by atoms with Crippen molar-refractivity contribution in [1.29, 1.82) is 0 Å². The maximum Gasteiger partial charge on any atom is 0.109 e. The molecule has 1 aromatic carbocycles. The molecule has 0 spiro atoms. The quantitative estimate of drug-likeness (QED) is 0.812. The predicted molar refractivity (Wildman–Crippen MR) is 101 cm³/mol. The van der Waals surface area contributed by atoms with Gasteiger partial charge in [-0.25, -0.2) is 4.98 Å². The van der Waals surface area contributed by atoms with E-state index in [9.17, 15) is 5.11 Å². The molecule has 0 saturated carbocycles. The normalized spacial score (nSPS) is 20.8. The van der Waals surface area contributed by atoms with Gasteiger partial charge in [-0.3, -0.25) is 0 Å². The minimum atomic E-state index is -0.216. The van der Waals surface area contributed by atoms with E-state index in [0.29, 0.717) is 10.0 Å². The summed E-state index contributed by atoms with van der Waals surface area (Å²) in [7, 11) is 0. The van der Waals surface area contributed by atoms with Crippen molar-refractivity contribution >= 4 is 59.0 Å². The molecule has 2 aromatic rings. The molecular weight excluding hydrogens is 380 g/mol. The molecule has 3 rings (SSSR count). The number of aromatic nitrogens is 2. The van der Waals surface area contributed by atoms with E-state index in [1.807, 2.05) is 6.07 Å². The van der Waals surface area contributed by atoms with Gasteiger partial charge in [-0.05, 0) is 44.4 Å². The molecule has 0 radical (unpaired) electrons.